The van der Waals surface area contributed by atoms with Gasteiger partial charge in [-0.1, -0.05) is 37.5 Å². The molecule has 40 heavy (non-hydrogen) atoms. The van der Waals surface area contributed by atoms with Crippen molar-refractivity contribution in [1.82, 2.24) is 12.9 Å². The van der Waals surface area contributed by atoms with E-state index in [9.17, 15) is 25.3 Å². The second-order valence-electron chi connectivity index (χ2n) is 11.0. The predicted molar refractivity (Wildman–Crippen MR) is 154 cm³/mol. The topological polar surface area (TPSA) is 112 Å². The molecule has 3 saturated heterocycles. The van der Waals surface area contributed by atoms with E-state index in [1.54, 1.807) is 30.3 Å². The summed E-state index contributed by atoms with van der Waals surface area (Å²) in [6.45, 7) is 2.74. The van der Waals surface area contributed by atoms with Crippen molar-refractivity contribution in [1.29, 1.82) is 0 Å². The molecule has 2 aromatic carbocycles. The molecule has 0 N–H and O–H groups in total. The summed E-state index contributed by atoms with van der Waals surface area (Å²) in [4.78, 5) is 0.233. The van der Waals surface area contributed by atoms with Crippen molar-refractivity contribution in [2.45, 2.75) is 78.9 Å². The molecule has 12 heteroatoms. The maximum Gasteiger partial charge on any atom is 0.243 e. The number of piperidine rings is 3. The highest BCUT2D eigenvalue weighted by Gasteiger charge is 2.32. The van der Waals surface area contributed by atoms with Gasteiger partial charge in [-0.15, -0.1) is 0 Å². The summed E-state index contributed by atoms with van der Waals surface area (Å²) < 4.78 is 85.1. The van der Waals surface area contributed by atoms with Crippen LogP contribution in [0.15, 0.2) is 57.2 Å². The highest BCUT2D eigenvalue weighted by molar-refractivity contribution is 7.90. The van der Waals surface area contributed by atoms with Crippen LogP contribution in [0.5, 0.6) is 0 Å². The summed E-state index contributed by atoms with van der Waals surface area (Å²) in [6.07, 6.45) is 8.05. The minimum Gasteiger partial charge on any atom is -0.207 e. The second-order valence-corrected chi connectivity index (χ2v) is 16.8. The Morgan fingerprint density at radius 1 is 0.475 bits per heavy atom. The van der Waals surface area contributed by atoms with Gasteiger partial charge in [0, 0.05) is 39.3 Å². The lowest BCUT2D eigenvalue weighted by Gasteiger charge is -2.28. The van der Waals surface area contributed by atoms with Crippen LogP contribution < -0.4 is 0 Å². The van der Waals surface area contributed by atoms with Gasteiger partial charge in [-0.3, -0.25) is 0 Å². The fourth-order valence-corrected chi connectivity index (χ4v) is 10.7. The number of nitrogens with zero attached hydrogens (tertiary/aromatic N) is 3. The van der Waals surface area contributed by atoms with Crippen LogP contribution in [0.1, 0.15) is 68.9 Å². The van der Waals surface area contributed by atoms with Gasteiger partial charge >= 0.3 is 0 Å². The van der Waals surface area contributed by atoms with Crippen molar-refractivity contribution in [3.05, 3.63) is 53.6 Å². The zero-order valence-corrected chi connectivity index (χ0v) is 25.3. The highest BCUT2D eigenvalue weighted by atomic mass is 32.2. The maximum absolute atomic E-state index is 13.8. The third-order valence-corrected chi connectivity index (χ3v) is 14.0. The molecule has 0 amide bonds. The van der Waals surface area contributed by atoms with Gasteiger partial charge in [-0.2, -0.15) is 12.9 Å². The van der Waals surface area contributed by atoms with Crippen molar-refractivity contribution in [2.75, 3.05) is 39.3 Å². The molecule has 9 nitrogen and oxygen atoms in total. The quantitative estimate of drug-likeness (QED) is 0.450. The van der Waals surface area contributed by atoms with Crippen LogP contribution in [0.2, 0.25) is 0 Å². The van der Waals surface area contributed by atoms with Crippen LogP contribution in [0.25, 0.3) is 0 Å². The third-order valence-electron chi connectivity index (χ3n) is 8.20. The molecule has 220 valence electrons. The van der Waals surface area contributed by atoms with Gasteiger partial charge in [0.05, 0.1) is 14.7 Å². The van der Waals surface area contributed by atoms with E-state index in [-0.39, 0.29) is 21.1 Å². The number of benzene rings is 2. The van der Waals surface area contributed by atoms with Crippen molar-refractivity contribution in [3.63, 3.8) is 0 Å². The van der Waals surface area contributed by atoms with E-state index in [4.69, 9.17) is 0 Å². The molecule has 0 radical (unpaired) electrons. The lowest BCUT2D eigenvalue weighted by molar-refractivity contribution is 0.345. The summed E-state index contributed by atoms with van der Waals surface area (Å²) in [5, 5.41) is 0. The Morgan fingerprint density at radius 2 is 0.875 bits per heavy atom. The molecule has 2 aromatic rings. The fraction of sp³-hybridized carbons (Fsp3) is 0.571. The Labute approximate surface area is 239 Å². The first-order chi connectivity index (χ1) is 19.1. The molecule has 3 aliphatic rings. The predicted octanol–water partition coefficient (Wildman–Crippen LogP) is 3.80. The molecule has 0 aromatic heterocycles. The largest absolute Gasteiger partial charge is 0.243 e. The zero-order valence-electron chi connectivity index (χ0n) is 22.9. The molecular formula is C28H39N3O6S3. The van der Waals surface area contributed by atoms with Gasteiger partial charge in [0.15, 0.2) is 0 Å². The number of hydrogen-bond acceptors (Lipinski definition) is 6. The van der Waals surface area contributed by atoms with E-state index in [2.05, 4.69) is 0 Å². The van der Waals surface area contributed by atoms with Gasteiger partial charge < -0.3 is 0 Å². The smallest absolute Gasteiger partial charge is 0.207 e. The van der Waals surface area contributed by atoms with Crippen LogP contribution >= 0.6 is 0 Å². The minimum absolute atomic E-state index is 0.00305. The standard InChI is InChI=1S/C28H39N3O6S3/c32-38(33,29-16-4-1-5-17-29)26-13-10-24(11-14-26)22-25-12-15-27(39(34,35)30-18-6-2-7-19-30)23-28(25)40(36,37)31-20-8-3-9-21-31/h10-15,23H,1-9,16-22H2. The highest BCUT2D eigenvalue weighted by Crippen LogP contribution is 2.30. The SMILES string of the molecule is O=S(=O)(c1ccc(Cc2ccc(S(=O)(=O)N3CCCCC3)cc2S(=O)(=O)N2CCCCC2)cc1)N1CCCCC1. The van der Waals surface area contributed by atoms with Crippen LogP contribution in [0.3, 0.4) is 0 Å². The van der Waals surface area contributed by atoms with Gasteiger partial charge in [-0.25, -0.2) is 25.3 Å². The van der Waals surface area contributed by atoms with Crippen molar-refractivity contribution >= 4 is 30.1 Å². The maximum atomic E-state index is 13.8. The van der Waals surface area contributed by atoms with E-state index in [1.165, 1.54) is 25.0 Å². The van der Waals surface area contributed by atoms with Gasteiger partial charge in [0.2, 0.25) is 30.1 Å². The van der Waals surface area contributed by atoms with E-state index in [1.807, 2.05) is 0 Å². The molecule has 3 heterocycles. The number of hydrogen-bond donors (Lipinski definition) is 0. The Kier molecular flexibility index (Phi) is 9.03. The Hall–Kier alpha value is -1.83. The average Bonchev–Trinajstić information content (AvgIpc) is 2.99. The molecule has 3 fully saturated rings. The van der Waals surface area contributed by atoms with Gasteiger partial charge in [-0.05, 0) is 80.3 Å². The Morgan fingerprint density at radius 3 is 1.35 bits per heavy atom. The van der Waals surface area contributed by atoms with Crippen LogP contribution in [0.4, 0.5) is 0 Å². The minimum atomic E-state index is -3.92. The second kappa shape index (κ2) is 12.2. The Balaban J connectivity index is 1.47. The first kappa shape index (κ1) is 29.7. The van der Waals surface area contributed by atoms with Crippen molar-refractivity contribution in [3.8, 4) is 0 Å². The normalized spacial score (nSPS) is 20.9. The monoisotopic (exact) mass is 609 g/mol. The molecule has 0 saturated carbocycles. The zero-order chi connectivity index (χ0) is 28.4. The molecule has 0 unspecified atom stereocenters. The fourth-order valence-electron chi connectivity index (χ4n) is 5.83. The van der Waals surface area contributed by atoms with Crippen LogP contribution in [-0.2, 0) is 36.5 Å². The average molecular weight is 610 g/mol. The van der Waals surface area contributed by atoms with Crippen LogP contribution in [-0.4, -0.2) is 77.4 Å². The molecule has 3 aliphatic heterocycles. The molecule has 0 bridgehead atoms. The summed E-state index contributed by atoms with van der Waals surface area (Å²) in [5.74, 6) is 0. The Bertz CT molecular complexity index is 1510. The van der Waals surface area contributed by atoms with E-state index in [0.29, 0.717) is 44.8 Å². The molecule has 0 spiro atoms. The molecule has 0 atom stereocenters. The molecule has 0 aliphatic carbocycles. The first-order valence-corrected chi connectivity index (χ1v) is 18.6. The van der Waals surface area contributed by atoms with Gasteiger partial charge in [0.1, 0.15) is 0 Å². The van der Waals surface area contributed by atoms with E-state index in [0.717, 1.165) is 63.4 Å². The lowest BCUT2D eigenvalue weighted by Crippen LogP contribution is -2.37. The summed E-state index contributed by atoms with van der Waals surface area (Å²) in [7, 11) is -11.3. The third kappa shape index (κ3) is 6.17. The lowest BCUT2D eigenvalue weighted by atomic mass is 10.1. The molecular weight excluding hydrogens is 571 g/mol. The van der Waals surface area contributed by atoms with Gasteiger partial charge in [0.25, 0.3) is 0 Å². The van der Waals surface area contributed by atoms with Crippen molar-refractivity contribution < 1.29 is 25.3 Å². The number of sulfonamides is 3. The number of rotatable bonds is 8. The summed E-state index contributed by atoms with van der Waals surface area (Å²) in [6, 6.07) is 11.0. The van der Waals surface area contributed by atoms with E-state index < -0.39 is 30.1 Å². The summed E-state index contributed by atoms with van der Waals surface area (Å²) >= 11 is 0. The van der Waals surface area contributed by atoms with Crippen LogP contribution in [0, 0.1) is 0 Å². The molecule has 5 rings (SSSR count). The summed E-state index contributed by atoms with van der Waals surface area (Å²) in [5.41, 5.74) is 1.24. The van der Waals surface area contributed by atoms with E-state index >= 15 is 0 Å². The van der Waals surface area contributed by atoms with Crippen molar-refractivity contribution in [2.24, 2.45) is 0 Å². The first-order valence-electron chi connectivity index (χ1n) is 14.3.